The molecule has 86 valence electrons. The molecule has 5 heteroatoms. The van der Waals surface area contributed by atoms with Crippen molar-refractivity contribution in [2.75, 3.05) is 20.3 Å². The summed E-state index contributed by atoms with van der Waals surface area (Å²) in [7, 11) is 1.58. The summed E-state index contributed by atoms with van der Waals surface area (Å²) < 4.78 is 5.05. The second-order valence-electron chi connectivity index (χ2n) is 4.46. The third-order valence-electron chi connectivity index (χ3n) is 2.54. The van der Waals surface area contributed by atoms with E-state index in [2.05, 4.69) is 5.32 Å². The summed E-state index contributed by atoms with van der Waals surface area (Å²) in [6, 6.07) is -0.442. The summed E-state index contributed by atoms with van der Waals surface area (Å²) in [5.74, 6) is -0.178. The lowest BCUT2D eigenvalue weighted by molar-refractivity contribution is -0.151. The van der Waals surface area contributed by atoms with Crippen LogP contribution in [-0.2, 0) is 14.3 Å². The Morgan fingerprint density at radius 1 is 1.53 bits per heavy atom. The maximum atomic E-state index is 11.8. The summed E-state index contributed by atoms with van der Waals surface area (Å²) in [6.07, 6.45) is 0. The molecule has 0 aromatic rings. The second kappa shape index (κ2) is 4.18. The topological polar surface area (TPSA) is 58.6 Å². The van der Waals surface area contributed by atoms with Crippen LogP contribution in [0.5, 0.6) is 0 Å². The van der Waals surface area contributed by atoms with Crippen molar-refractivity contribution in [1.29, 1.82) is 0 Å². The minimum absolute atomic E-state index is 0.0587. The molecular weight excluding hydrogens is 196 g/mol. The van der Waals surface area contributed by atoms with Gasteiger partial charge in [-0.2, -0.15) is 0 Å². The Labute approximate surface area is 89.8 Å². The van der Waals surface area contributed by atoms with Gasteiger partial charge in [0.05, 0.1) is 12.1 Å². The molecule has 1 rings (SSSR count). The van der Waals surface area contributed by atoms with Crippen molar-refractivity contribution in [3.63, 3.8) is 0 Å². The zero-order valence-electron chi connectivity index (χ0n) is 9.66. The molecule has 1 fully saturated rings. The summed E-state index contributed by atoms with van der Waals surface area (Å²) in [5, 5.41) is 2.60. The van der Waals surface area contributed by atoms with Gasteiger partial charge in [0.15, 0.2) is 0 Å². The molecule has 0 spiro atoms. The molecule has 5 nitrogen and oxygen atoms in total. The highest BCUT2D eigenvalue weighted by molar-refractivity contribution is 5.95. The molecule has 0 saturated carbocycles. The number of methoxy groups -OCH3 is 1. The molecule has 1 saturated heterocycles. The maximum absolute atomic E-state index is 11.8. The second-order valence-corrected chi connectivity index (χ2v) is 4.46. The average molecular weight is 214 g/mol. The molecule has 1 atom stereocenters. The largest absolute Gasteiger partial charge is 0.382 e. The molecule has 1 aliphatic rings. The smallest absolute Gasteiger partial charge is 0.245 e. The van der Waals surface area contributed by atoms with E-state index in [9.17, 15) is 9.59 Å². The van der Waals surface area contributed by atoms with E-state index in [4.69, 9.17) is 4.74 Å². The number of amides is 2. The van der Waals surface area contributed by atoms with Crippen molar-refractivity contribution in [2.24, 2.45) is 0 Å². The zero-order valence-corrected chi connectivity index (χ0v) is 9.66. The summed E-state index contributed by atoms with van der Waals surface area (Å²) in [5.41, 5.74) is -0.447. The number of piperazine rings is 1. The standard InChI is InChI=1S/C10H18N2O3/c1-7-9(14)12(5-8(13)11-7)10(2,3)6-15-4/h7H,5-6H2,1-4H3,(H,11,13). The Morgan fingerprint density at radius 2 is 2.13 bits per heavy atom. The van der Waals surface area contributed by atoms with Gasteiger partial charge in [0.1, 0.15) is 12.6 Å². The van der Waals surface area contributed by atoms with Crippen molar-refractivity contribution in [1.82, 2.24) is 10.2 Å². The molecule has 1 heterocycles. The van der Waals surface area contributed by atoms with E-state index in [1.54, 1.807) is 18.9 Å². The SMILES string of the molecule is COCC(C)(C)N1CC(=O)NC(C)C1=O. The lowest BCUT2D eigenvalue weighted by Crippen LogP contribution is -2.63. The van der Waals surface area contributed by atoms with Crippen molar-refractivity contribution >= 4 is 11.8 Å². The van der Waals surface area contributed by atoms with E-state index >= 15 is 0 Å². The minimum Gasteiger partial charge on any atom is -0.382 e. The first-order valence-corrected chi connectivity index (χ1v) is 4.98. The quantitative estimate of drug-likeness (QED) is 0.705. The van der Waals surface area contributed by atoms with E-state index in [-0.39, 0.29) is 18.4 Å². The van der Waals surface area contributed by atoms with Gasteiger partial charge in [-0.3, -0.25) is 9.59 Å². The van der Waals surface area contributed by atoms with Crippen LogP contribution in [0.3, 0.4) is 0 Å². The van der Waals surface area contributed by atoms with Gasteiger partial charge in [-0.15, -0.1) is 0 Å². The molecular formula is C10H18N2O3. The van der Waals surface area contributed by atoms with E-state index in [1.165, 1.54) is 0 Å². The lowest BCUT2D eigenvalue weighted by atomic mass is 10.0. The van der Waals surface area contributed by atoms with Crippen molar-refractivity contribution in [3.8, 4) is 0 Å². The molecule has 15 heavy (non-hydrogen) atoms. The van der Waals surface area contributed by atoms with Gasteiger partial charge in [-0.25, -0.2) is 0 Å². The van der Waals surface area contributed by atoms with E-state index in [0.717, 1.165) is 0 Å². The number of ether oxygens (including phenoxy) is 1. The highest BCUT2D eigenvalue weighted by Crippen LogP contribution is 2.18. The van der Waals surface area contributed by atoms with Crippen LogP contribution in [0.15, 0.2) is 0 Å². The third-order valence-corrected chi connectivity index (χ3v) is 2.54. The number of carbonyl (C=O) groups excluding carboxylic acids is 2. The predicted molar refractivity (Wildman–Crippen MR) is 55.3 cm³/mol. The Bertz CT molecular complexity index is 276. The van der Waals surface area contributed by atoms with Gasteiger partial charge in [0, 0.05) is 7.11 Å². The first-order chi connectivity index (χ1) is 6.88. The normalized spacial score (nSPS) is 22.9. The van der Waals surface area contributed by atoms with Gasteiger partial charge >= 0.3 is 0 Å². The number of hydrogen-bond acceptors (Lipinski definition) is 3. The lowest BCUT2D eigenvalue weighted by Gasteiger charge is -2.41. The van der Waals surface area contributed by atoms with Gasteiger partial charge in [-0.1, -0.05) is 0 Å². The predicted octanol–water partition coefficient (Wildman–Crippen LogP) is -0.242. The molecule has 2 amide bonds. The Kier molecular flexibility index (Phi) is 3.34. The Balaban J connectivity index is 2.83. The first kappa shape index (κ1) is 12.0. The molecule has 1 N–H and O–H groups in total. The highest BCUT2D eigenvalue weighted by Gasteiger charge is 2.38. The first-order valence-electron chi connectivity index (χ1n) is 4.98. The van der Waals surface area contributed by atoms with Crippen LogP contribution >= 0.6 is 0 Å². The fraction of sp³-hybridized carbons (Fsp3) is 0.800. The number of nitrogens with zero attached hydrogens (tertiary/aromatic N) is 1. The molecule has 0 radical (unpaired) electrons. The summed E-state index contributed by atoms with van der Waals surface area (Å²) in [6.45, 7) is 5.99. The van der Waals surface area contributed by atoms with Gasteiger partial charge in [0.25, 0.3) is 0 Å². The van der Waals surface area contributed by atoms with Crippen LogP contribution < -0.4 is 5.32 Å². The minimum atomic E-state index is -0.447. The van der Waals surface area contributed by atoms with Gasteiger partial charge in [0.2, 0.25) is 11.8 Å². The van der Waals surface area contributed by atoms with Crippen LogP contribution in [0, 0.1) is 0 Å². The van der Waals surface area contributed by atoms with Crippen molar-refractivity contribution in [2.45, 2.75) is 32.4 Å². The number of nitrogens with one attached hydrogen (secondary N) is 1. The molecule has 0 aliphatic carbocycles. The maximum Gasteiger partial charge on any atom is 0.245 e. The average Bonchev–Trinajstić information content (AvgIpc) is 2.11. The fourth-order valence-electron chi connectivity index (χ4n) is 1.75. The number of carbonyl (C=O) groups is 2. The number of hydrogen-bond donors (Lipinski definition) is 1. The monoisotopic (exact) mass is 214 g/mol. The van der Waals surface area contributed by atoms with Crippen LogP contribution in [0.2, 0.25) is 0 Å². The van der Waals surface area contributed by atoms with E-state index < -0.39 is 11.6 Å². The molecule has 0 aromatic heterocycles. The van der Waals surface area contributed by atoms with Gasteiger partial charge < -0.3 is 15.0 Å². The van der Waals surface area contributed by atoms with Crippen molar-refractivity contribution < 1.29 is 14.3 Å². The Hall–Kier alpha value is -1.10. The molecule has 1 unspecified atom stereocenters. The zero-order chi connectivity index (χ0) is 11.6. The fourth-order valence-corrected chi connectivity index (χ4v) is 1.75. The summed E-state index contributed by atoms with van der Waals surface area (Å²) >= 11 is 0. The van der Waals surface area contributed by atoms with Gasteiger partial charge in [-0.05, 0) is 20.8 Å². The molecule has 0 aromatic carbocycles. The van der Waals surface area contributed by atoms with Crippen LogP contribution in [0.1, 0.15) is 20.8 Å². The highest BCUT2D eigenvalue weighted by atomic mass is 16.5. The molecule has 1 aliphatic heterocycles. The van der Waals surface area contributed by atoms with Crippen LogP contribution in [0.4, 0.5) is 0 Å². The third kappa shape index (κ3) is 2.47. The Morgan fingerprint density at radius 3 is 2.67 bits per heavy atom. The van der Waals surface area contributed by atoms with E-state index in [0.29, 0.717) is 6.61 Å². The van der Waals surface area contributed by atoms with E-state index in [1.807, 2.05) is 13.8 Å². The van der Waals surface area contributed by atoms with Crippen LogP contribution in [-0.4, -0.2) is 48.6 Å². The number of rotatable bonds is 3. The van der Waals surface area contributed by atoms with Crippen molar-refractivity contribution in [3.05, 3.63) is 0 Å². The molecule has 0 bridgehead atoms. The summed E-state index contributed by atoms with van der Waals surface area (Å²) in [4.78, 5) is 24.8. The van der Waals surface area contributed by atoms with Crippen LogP contribution in [0.25, 0.3) is 0 Å².